The average Bonchev–Trinajstić information content (AvgIpc) is 2.51. The summed E-state index contributed by atoms with van der Waals surface area (Å²) in [5, 5.41) is 9.98. The van der Waals surface area contributed by atoms with E-state index < -0.39 is 35.1 Å². The highest BCUT2D eigenvalue weighted by Crippen LogP contribution is 2.42. The van der Waals surface area contributed by atoms with Gasteiger partial charge in [0.15, 0.2) is 0 Å². The second-order valence-corrected chi connectivity index (χ2v) is 4.98. The van der Waals surface area contributed by atoms with Gasteiger partial charge in [-0.2, -0.15) is 26.3 Å². The van der Waals surface area contributed by atoms with E-state index >= 15 is 0 Å². The van der Waals surface area contributed by atoms with Gasteiger partial charge in [-0.25, -0.2) is 0 Å². The fourth-order valence-electron chi connectivity index (χ4n) is 2.24. The van der Waals surface area contributed by atoms with E-state index in [1.54, 1.807) is 30.3 Å². The van der Waals surface area contributed by atoms with Gasteiger partial charge in [-0.1, -0.05) is 48.6 Å². The molecule has 0 saturated carbocycles. The Hall–Kier alpha value is -2.28. The number of alkyl halides is 6. The lowest BCUT2D eigenvalue weighted by Crippen LogP contribution is -2.18. The van der Waals surface area contributed by atoms with Gasteiger partial charge in [0, 0.05) is 5.56 Å². The molecule has 0 spiro atoms. The van der Waals surface area contributed by atoms with Crippen molar-refractivity contribution in [2.75, 3.05) is 0 Å². The van der Waals surface area contributed by atoms with Crippen LogP contribution in [0.5, 0.6) is 0 Å². The molecule has 1 N–H and O–H groups in total. The molecule has 0 aliphatic carbocycles. The van der Waals surface area contributed by atoms with Crippen LogP contribution in [-0.2, 0) is 12.4 Å². The normalized spacial score (nSPS) is 14.1. The van der Waals surface area contributed by atoms with E-state index in [0.29, 0.717) is 23.8 Å². The Balaban J connectivity index is 2.52. The summed E-state index contributed by atoms with van der Waals surface area (Å²) < 4.78 is 78.2. The minimum absolute atomic E-state index is 0.518. The molecule has 0 saturated heterocycles. The Morgan fingerprint density at radius 3 is 1.71 bits per heavy atom. The van der Waals surface area contributed by atoms with Crippen LogP contribution >= 0.6 is 0 Å². The van der Waals surface area contributed by atoms with Gasteiger partial charge in [0.1, 0.15) is 0 Å². The van der Waals surface area contributed by atoms with Gasteiger partial charge >= 0.3 is 12.4 Å². The first kappa shape index (κ1) is 18.1. The van der Waals surface area contributed by atoms with Crippen LogP contribution < -0.4 is 0 Å². The minimum atomic E-state index is -5.02. The van der Waals surface area contributed by atoms with Gasteiger partial charge in [-0.3, -0.25) is 0 Å². The molecule has 0 bridgehead atoms. The minimum Gasteiger partial charge on any atom is -0.384 e. The molecule has 2 aromatic rings. The number of aliphatic hydroxyl groups is 1. The van der Waals surface area contributed by atoms with Crippen LogP contribution in [0.25, 0.3) is 6.08 Å². The van der Waals surface area contributed by atoms with Gasteiger partial charge < -0.3 is 5.11 Å². The maximum Gasteiger partial charge on any atom is 0.416 e. The SMILES string of the molecule is OC(/C=C/c1ccccc1)c1c(C(F)(F)F)cccc1C(F)(F)F. The first-order valence-corrected chi connectivity index (χ1v) is 6.79. The Morgan fingerprint density at radius 2 is 1.25 bits per heavy atom. The molecule has 0 aliphatic rings. The Labute approximate surface area is 133 Å². The second-order valence-electron chi connectivity index (χ2n) is 4.98. The smallest absolute Gasteiger partial charge is 0.384 e. The third-order valence-corrected chi connectivity index (χ3v) is 3.28. The summed E-state index contributed by atoms with van der Waals surface area (Å²) >= 11 is 0. The zero-order valence-corrected chi connectivity index (χ0v) is 12.1. The molecule has 2 rings (SSSR count). The van der Waals surface area contributed by atoms with E-state index in [1.165, 1.54) is 6.08 Å². The molecule has 0 aromatic heterocycles. The van der Waals surface area contributed by atoms with E-state index in [0.717, 1.165) is 6.08 Å². The van der Waals surface area contributed by atoms with E-state index in [1.807, 2.05) is 0 Å². The van der Waals surface area contributed by atoms with Crippen LogP contribution in [0.15, 0.2) is 54.6 Å². The maximum absolute atomic E-state index is 13.0. The van der Waals surface area contributed by atoms with Crippen molar-refractivity contribution in [3.05, 3.63) is 76.9 Å². The second kappa shape index (κ2) is 6.68. The van der Waals surface area contributed by atoms with Crippen molar-refractivity contribution in [2.24, 2.45) is 0 Å². The molecular weight excluding hydrogens is 334 g/mol. The van der Waals surface area contributed by atoms with Crippen molar-refractivity contribution in [1.82, 2.24) is 0 Å². The zero-order valence-electron chi connectivity index (χ0n) is 12.1. The van der Waals surface area contributed by atoms with Crippen LogP contribution in [0, 0.1) is 0 Å². The van der Waals surface area contributed by atoms with Gasteiger partial charge in [0.05, 0.1) is 17.2 Å². The quantitative estimate of drug-likeness (QED) is 0.731. The van der Waals surface area contributed by atoms with Crippen LogP contribution in [0.4, 0.5) is 26.3 Å². The first-order chi connectivity index (χ1) is 11.1. The Bertz CT molecular complexity index is 684. The lowest BCUT2D eigenvalue weighted by molar-refractivity contribution is -0.145. The van der Waals surface area contributed by atoms with Crippen LogP contribution in [0.2, 0.25) is 0 Å². The summed E-state index contributed by atoms with van der Waals surface area (Å²) in [6.07, 6.45) is -9.93. The fourth-order valence-corrected chi connectivity index (χ4v) is 2.24. The lowest BCUT2D eigenvalue weighted by Gasteiger charge is -2.20. The van der Waals surface area contributed by atoms with Gasteiger partial charge in [0.25, 0.3) is 0 Å². The van der Waals surface area contributed by atoms with Crippen LogP contribution in [0.3, 0.4) is 0 Å². The summed E-state index contributed by atoms with van der Waals surface area (Å²) in [7, 11) is 0. The fraction of sp³-hybridized carbons (Fsp3) is 0.176. The molecule has 0 fully saturated rings. The molecule has 0 heterocycles. The summed E-state index contributed by atoms with van der Waals surface area (Å²) in [5.41, 5.74) is -3.69. The van der Waals surface area contributed by atoms with E-state index in [4.69, 9.17) is 0 Å². The third-order valence-electron chi connectivity index (χ3n) is 3.28. The molecule has 1 unspecified atom stereocenters. The summed E-state index contributed by atoms with van der Waals surface area (Å²) in [6, 6.07) is 9.91. The Morgan fingerprint density at radius 1 is 0.750 bits per heavy atom. The molecule has 1 nitrogen and oxygen atoms in total. The molecule has 2 aromatic carbocycles. The molecule has 0 amide bonds. The van der Waals surface area contributed by atoms with Gasteiger partial charge in [-0.15, -0.1) is 0 Å². The van der Waals surface area contributed by atoms with Crippen LogP contribution in [0.1, 0.15) is 28.4 Å². The summed E-state index contributed by atoms with van der Waals surface area (Å²) in [5.74, 6) is 0. The number of rotatable bonds is 3. The topological polar surface area (TPSA) is 20.2 Å². The number of hydrogen-bond acceptors (Lipinski definition) is 1. The van der Waals surface area contributed by atoms with Crippen molar-refractivity contribution >= 4 is 6.08 Å². The van der Waals surface area contributed by atoms with Crippen molar-refractivity contribution in [3.63, 3.8) is 0 Å². The number of halogens is 6. The highest BCUT2D eigenvalue weighted by atomic mass is 19.4. The predicted octanol–water partition coefficient (Wildman–Crippen LogP) is 5.47. The highest BCUT2D eigenvalue weighted by molar-refractivity contribution is 5.52. The van der Waals surface area contributed by atoms with E-state index in [-0.39, 0.29) is 0 Å². The lowest BCUT2D eigenvalue weighted by atomic mass is 9.94. The zero-order chi connectivity index (χ0) is 18.0. The van der Waals surface area contributed by atoms with Gasteiger partial charge in [-0.05, 0) is 17.7 Å². The molecule has 0 aliphatic heterocycles. The van der Waals surface area contributed by atoms with E-state index in [2.05, 4.69) is 0 Å². The summed E-state index contributed by atoms with van der Waals surface area (Å²) in [6.45, 7) is 0. The molecule has 0 radical (unpaired) electrons. The van der Waals surface area contributed by atoms with E-state index in [9.17, 15) is 31.4 Å². The van der Waals surface area contributed by atoms with Crippen LogP contribution in [-0.4, -0.2) is 5.11 Å². The monoisotopic (exact) mass is 346 g/mol. The van der Waals surface area contributed by atoms with Crippen molar-refractivity contribution in [2.45, 2.75) is 18.5 Å². The number of benzene rings is 2. The average molecular weight is 346 g/mol. The molecule has 1 atom stereocenters. The van der Waals surface area contributed by atoms with Gasteiger partial charge in [0.2, 0.25) is 0 Å². The largest absolute Gasteiger partial charge is 0.416 e. The summed E-state index contributed by atoms with van der Waals surface area (Å²) in [4.78, 5) is 0. The van der Waals surface area contributed by atoms with Crippen molar-refractivity contribution < 1.29 is 31.4 Å². The standard InChI is InChI=1S/C17H12F6O/c18-16(19,20)12-7-4-8-13(17(21,22)23)15(12)14(24)10-9-11-5-2-1-3-6-11/h1-10,14,24H/b10-9+. The maximum atomic E-state index is 13.0. The molecular formula is C17H12F6O. The highest BCUT2D eigenvalue weighted by Gasteiger charge is 2.41. The van der Waals surface area contributed by atoms with Crippen molar-refractivity contribution in [3.8, 4) is 0 Å². The predicted molar refractivity (Wildman–Crippen MR) is 76.9 cm³/mol. The molecule has 7 heteroatoms. The number of aliphatic hydroxyl groups excluding tert-OH is 1. The molecule has 128 valence electrons. The number of hydrogen-bond donors (Lipinski definition) is 1. The van der Waals surface area contributed by atoms with Crippen molar-refractivity contribution in [1.29, 1.82) is 0 Å². The third kappa shape index (κ3) is 4.17. The molecule has 24 heavy (non-hydrogen) atoms. The first-order valence-electron chi connectivity index (χ1n) is 6.79. The Kier molecular flexibility index (Phi) is 5.03.